The number of ether oxygens (including phenoxy) is 2. The molecule has 0 heterocycles. The number of hydrogen-bond acceptors (Lipinski definition) is 8. The van der Waals surface area contributed by atoms with E-state index in [1.54, 1.807) is 6.07 Å². The highest BCUT2D eigenvalue weighted by Crippen LogP contribution is 2.37. The van der Waals surface area contributed by atoms with Crippen molar-refractivity contribution in [1.82, 2.24) is 0 Å². The van der Waals surface area contributed by atoms with Gasteiger partial charge in [-0.2, -0.15) is 0 Å². The minimum atomic E-state index is -1.03. The summed E-state index contributed by atoms with van der Waals surface area (Å²) < 4.78 is 10.8. The zero-order chi connectivity index (χ0) is 21.7. The normalized spacial score (nSPS) is 11.8. The van der Waals surface area contributed by atoms with Gasteiger partial charge in [0, 0.05) is 17.1 Å². The maximum Gasteiger partial charge on any atom is 0.316 e. The predicted molar refractivity (Wildman–Crippen MR) is 123 cm³/mol. The average Bonchev–Trinajstić information content (AvgIpc) is 2.69. The van der Waals surface area contributed by atoms with E-state index in [-0.39, 0.29) is 17.5 Å². The zero-order valence-corrected chi connectivity index (χ0v) is 18.5. The van der Waals surface area contributed by atoms with Crippen molar-refractivity contribution in [2.24, 2.45) is 5.92 Å². The number of anilines is 3. The van der Waals surface area contributed by atoms with Crippen molar-refractivity contribution in [1.29, 1.82) is 0 Å². The molecule has 0 saturated carbocycles. The molecular weight excluding hydrogens is 410 g/mol. The highest BCUT2D eigenvalue weighted by Gasteiger charge is 2.32. The molecule has 0 aromatic heterocycles. The third-order valence-electron chi connectivity index (χ3n) is 4.28. The first-order valence-corrected chi connectivity index (χ1v) is 9.76. The molecule has 3 N–H and O–H groups in total. The first-order valence-electron chi connectivity index (χ1n) is 8.95. The van der Waals surface area contributed by atoms with Crippen molar-refractivity contribution >= 4 is 69.8 Å². The summed E-state index contributed by atoms with van der Waals surface area (Å²) in [5.41, 5.74) is 8.14. The maximum absolute atomic E-state index is 12.2. The molecule has 0 radical (unpaired) electrons. The Labute approximate surface area is 181 Å². The molecule has 0 aliphatic carbocycles. The van der Waals surface area contributed by atoms with Crippen molar-refractivity contribution in [2.75, 3.05) is 29.6 Å². The highest BCUT2D eigenvalue weighted by atomic mass is 32.1. The van der Waals surface area contributed by atoms with Gasteiger partial charge in [0.25, 0.3) is 0 Å². The molecule has 7 nitrogen and oxygen atoms in total. The Morgan fingerprint density at radius 1 is 1.21 bits per heavy atom. The molecule has 0 bridgehead atoms. The SMILES string of the molecule is COC(=O)CC(C(=O)OC)C(=S)N(S)c1c(N)ccc2cc(NC(C)C)ccc12. The van der Waals surface area contributed by atoms with Crippen LogP contribution in [0.3, 0.4) is 0 Å². The topological polar surface area (TPSA) is 93.9 Å². The van der Waals surface area contributed by atoms with Crippen LogP contribution in [0.5, 0.6) is 0 Å². The zero-order valence-electron chi connectivity index (χ0n) is 16.8. The lowest BCUT2D eigenvalue weighted by molar-refractivity contribution is -0.149. The van der Waals surface area contributed by atoms with E-state index in [1.807, 2.05) is 24.3 Å². The monoisotopic (exact) mass is 435 g/mol. The van der Waals surface area contributed by atoms with Gasteiger partial charge in [0.15, 0.2) is 0 Å². The molecule has 9 heteroatoms. The van der Waals surface area contributed by atoms with Gasteiger partial charge in [-0.05, 0) is 37.4 Å². The molecule has 0 aliphatic heterocycles. The Balaban J connectivity index is 2.47. The van der Waals surface area contributed by atoms with E-state index < -0.39 is 17.9 Å². The lowest BCUT2D eigenvalue weighted by Gasteiger charge is -2.26. The number of nitrogens with one attached hydrogen (secondary N) is 1. The molecule has 0 spiro atoms. The Morgan fingerprint density at radius 2 is 1.90 bits per heavy atom. The van der Waals surface area contributed by atoms with Crippen molar-refractivity contribution in [2.45, 2.75) is 26.3 Å². The fourth-order valence-corrected chi connectivity index (χ4v) is 3.54. The summed E-state index contributed by atoms with van der Waals surface area (Å²) in [5, 5.41) is 5.07. The van der Waals surface area contributed by atoms with Crippen LogP contribution in [0.2, 0.25) is 0 Å². The molecule has 1 unspecified atom stereocenters. The third-order valence-corrected chi connectivity index (χ3v) is 5.30. The number of rotatable bonds is 7. The minimum absolute atomic E-state index is 0.0918. The Bertz CT molecular complexity index is 933. The molecule has 1 atom stereocenters. The molecule has 2 aromatic rings. The fourth-order valence-electron chi connectivity index (χ4n) is 2.91. The summed E-state index contributed by atoms with van der Waals surface area (Å²) >= 11 is 9.97. The Hall–Kier alpha value is -2.52. The number of carbonyl (C=O) groups excluding carboxylic acids is 2. The standard InChI is InChI=1S/C20H25N3O4S2/c1-11(2)22-13-6-7-14-12(9-13)5-8-16(21)18(14)23(29)19(28)15(20(25)27-4)10-17(24)26-3/h5-9,11,15,22,29H,10,21H2,1-4H3. The van der Waals surface area contributed by atoms with Crippen LogP contribution in [0.25, 0.3) is 10.8 Å². The molecule has 156 valence electrons. The van der Waals surface area contributed by atoms with Gasteiger partial charge in [-0.3, -0.25) is 13.9 Å². The van der Waals surface area contributed by atoms with E-state index in [4.69, 9.17) is 22.7 Å². The molecule has 0 aliphatic rings. The summed E-state index contributed by atoms with van der Waals surface area (Å²) in [4.78, 5) is 24.1. The molecule has 0 amide bonds. The quantitative estimate of drug-likeness (QED) is 0.263. The van der Waals surface area contributed by atoms with Crippen molar-refractivity contribution < 1.29 is 19.1 Å². The smallest absolute Gasteiger partial charge is 0.316 e. The average molecular weight is 436 g/mol. The van der Waals surface area contributed by atoms with Crippen LogP contribution >= 0.6 is 25.0 Å². The Kier molecular flexibility index (Phi) is 7.69. The largest absolute Gasteiger partial charge is 0.469 e. The summed E-state index contributed by atoms with van der Waals surface area (Å²) in [7, 11) is 2.47. The second-order valence-corrected chi connectivity index (χ2v) is 7.56. The van der Waals surface area contributed by atoms with Crippen LogP contribution in [0, 0.1) is 5.92 Å². The molecule has 29 heavy (non-hydrogen) atoms. The van der Waals surface area contributed by atoms with Crippen LogP contribution in [-0.4, -0.2) is 37.2 Å². The predicted octanol–water partition coefficient (Wildman–Crippen LogP) is 3.57. The summed E-state index contributed by atoms with van der Waals surface area (Å²) in [6.45, 7) is 4.11. The second-order valence-electron chi connectivity index (χ2n) is 6.74. The number of thiocarbonyl (C=S) groups is 1. The van der Waals surface area contributed by atoms with E-state index >= 15 is 0 Å². The number of esters is 2. The number of thiol groups is 1. The minimum Gasteiger partial charge on any atom is -0.469 e. The summed E-state index contributed by atoms with van der Waals surface area (Å²) in [5.74, 6) is -2.27. The van der Waals surface area contributed by atoms with Crippen LogP contribution in [-0.2, 0) is 19.1 Å². The number of methoxy groups -OCH3 is 2. The maximum atomic E-state index is 12.2. The summed E-state index contributed by atoms with van der Waals surface area (Å²) in [6.07, 6.45) is -0.258. The summed E-state index contributed by atoms with van der Waals surface area (Å²) in [6, 6.07) is 9.77. The van der Waals surface area contributed by atoms with Gasteiger partial charge in [-0.1, -0.05) is 37.2 Å². The van der Waals surface area contributed by atoms with Crippen molar-refractivity contribution in [3.63, 3.8) is 0 Å². The van der Waals surface area contributed by atoms with Gasteiger partial charge in [-0.25, -0.2) is 0 Å². The van der Waals surface area contributed by atoms with Crippen LogP contribution in [0.4, 0.5) is 17.1 Å². The second kappa shape index (κ2) is 9.80. The van der Waals surface area contributed by atoms with Crippen LogP contribution < -0.4 is 15.4 Å². The van der Waals surface area contributed by atoms with E-state index in [0.717, 1.165) is 16.5 Å². The van der Waals surface area contributed by atoms with Gasteiger partial charge >= 0.3 is 11.9 Å². The number of carbonyl (C=O) groups is 2. The van der Waals surface area contributed by atoms with E-state index in [9.17, 15) is 9.59 Å². The molecule has 0 fully saturated rings. The molecule has 0 saturated heterocycles. The fraction of sp³-hybridized carbons (Fsp3) is 0.350. The van der Waals surface area contributed by atoms with Crippen molar-refractivity contribution in [3.05, 3.63) is 30.3 Å². The van der Waals surface area contributed by atoms with Gasteiger partial charge in [0.2, 0.25) is 0 Å². The van der Waals surface area contributed by atoms with E-state index in [2.05, 4.69) is 36.7 Å². The number of benzene rings is 2. The van der Waals surface area contributed by atoms with Gasteiger partial charge in [-0.15, -0.1) is 0 Å². The first-order chi connectivity index (χ1) is 13.7. The van der Waals surface area contributed by atoms with Gasteiger partial charge in [0.1, 0.15) is 10.9 Å². The number of fused-ring (bicyclic) bond motifs is 1. The third kappa shape index (κ3) is 5.30. The number of hydrogen-bond donors (Lipinski definition) is 3. The van der Waals surface area contributed by atoms with Crippen LogP contribution in [0.15, 0.2) is 30.3 Å². The lowest BCUT2D eigenvalue weighted by Crippen LogP contribution is -2.35. The number of nitrogens with two attached hydrogens (primary N) is 1. The van der Waals surface area contributed by atoms with E-state index in [1.165, 1.54) is 18.5 Å². The van der Waals surface area contributed by atoms with Crippen molar-refractivity contribution in [3.8, 4) is 0 Å². The van der Waals surface area contributed by atoms with Crippen LogP contribution in [0.1, 0.15) is 20.3 Å². The highest BCUT2D eigenvalue weighted by molar-refractivity contribution is 7.87. The number of nitrogen functional groups attached to an aromatic ring is 1. The molecular formula is C20H25N3O4S2. The van der Waals surface area contributed by atoms with E-state index in [0.29, 0.717) is 11.4 Å². The lowest BCUT2D eigenvalue weighted by atomic mass is 10.0. The first kappa shape index (κ1) is 22.8. The molecule has 2 rings (SSSR count). The number of nitrogens with zero attached hydrogens (tertiary/aromatic N) is 1. The Morgan fingerprint density at radius 3 is 2.48 bits per heavy atom. The van der Waals surface area contributed by atoms with Gasteiger partial charge < -0.3 is 20.5 Å². The molecule has 2 aromatic carbocycles. The van der Waals surface area contributed by atoms with Gasteiger partial charge in [0.05, 0.1) is 32.0 Å².